The Kier molecular flexibility index (Phi) is 3.74. The molecular formula is C18H18N5O. The number of hydrogen-bond acceptors (Lipinski definition) is 6. The number of anilines is 2. The van der Waals surface area contributed by atoms with Crippen LogP contribution in [0.5, 0.6) is 0 Å². The molecule has 1 aromatic carbocycles. The Morgan fingerprint density at radius 1 is 1.12 bits per heavy atom. The van der Waals surface area contributed by atoms with Crippen LogP contribution >= 0.6 is 0 Å². The quantitative estimate of drug-likeness (QED) is 0.780. The molecule has 1 saturated heterocycles. The van der Waals surface area contributed by atoms with E-state index in [9.17, 15) is 0 Å². The summed E-state index contributed by atoms with van der Waals surface area (Å²) in [6.45, 7) is 6.94. The maximum Gasteiger partial charge on any atom is 0.145 e. The van der Waals surface area contributed by atoms with E-state index >= 15 is 0 Å². The summed E-state index contributed by atoms with van der Waals surface area (Å²) < 4.78 is 5.44. The number of pyridine rings is 1. The third-order valence-corrected chi connectivity index (χ3v) is 4.18. The van der Waals surface area contributed by atoms with Crippen molar-refractivity contribution in [1.29, 1.82) is 0 Å². The third kappa shape index (κ3) is 2.65. The summed E-state index contributed by atoms with van der Waals surface area (Å²) in [5.74, 6) is 1.27. The number of fused-ring (bicyclic) bond motifs is 1. The monoisotopic (exact) mass is 320 g/mol. The predicted molar refractivity (Wildman–Crippen MR) is 94.7 cm³/mol. The van der Waals surface area contributed by atoms with Crippen LogP contribution in [0.4, 0.5) is 11.6 Å². The number of ether oxygens (including phenoxy) is 1. The molecule has 3 heterocycles. The molecule has 0 aliphatic carbocycles. The van der Waals surface area contributed by atoms with Crippen LogP contribution in [0.1, 0.15) is 5.69 Å². The van der Waals surface area contributed by atoms with Gasteiger partial charge in [0.25, 0.3) is 0 Å². The first kappa shape index (κ1) is 14.8. The van der Waals surface area contributed by atoms with Crippen molar-refractivity contribution in [3.8, 4) is 11.4 Å². The largest absolute Gasteiger partial charge is 0.382 e. The third-order valence-electron chi connectivity index (χ3n) is 4.18. The molecule has 2 N–H and O–H groups in total. The van der Waals surface area contributed by atoms with Crippen molar-refractivity contribution in [2.24, 2.45) is 0 Å². The van der Waals surface area contributed by atoms with Gasteiger partial charge in [0.15, 0.2) is 0 Å². The smallest absolute Gasteiger partial charge is 0.145 e. The van der Waals surface area contributed by atoms with Crippen molar-refractivity contribution in [3.63, 3.8) is 0 Å². The zero-order valence-electron chi connectivity index (χ0n) is 13.3. The molecule has 0 atom stereocenters. The fraction of sp³-hybridized carbons (Fsp3) is 0.222. The minimum atomic E-state index is 0.340. The van der Waals surface area contributed by atoms with E-state index < -0.39 is 0 Å². The molecular weight excluding hydrogens is 302 g/mol. The number of hydrogen-bond donors (Lipinski definition) is 1. The SMILES string of the molecule is [CH2]c1nc(-c2nc(N3CCOCC3)cc3ccccc23)cnc1N. The predicted octanol–water partition coefficient (Wildman–Crippen LogP) is 2.29. The highest BCUT2D eigenvalue weighted by Gasteiger charge is 2.16. The van der Waals surface area contributed by atoms with Gasteiger partial charge in [0, 0.05) is 18.5 Å². The first-order valence-corrected chi connectivity index (χ1v) is 7.90. The number of rotatable bonds is 2. The van der Waals surface area contributed by atoms with Crippen molar-refractivity contribution in [2.45, 2.75) is 0 Å². The number of benzene rings is 1. The summed E-state index contributed by atoms with van der Waals surface area (Å²) in [7, 11) is 0. The van der Waals surface area contributed by atoms with E-state index in [0.29, 0.717) is 30.4 Å². The zero-order chi connectivity index (χ0) is 16.5. The molecule has 1 aliphatic heterocycles. The Bertz CT molecular complexity index is 890. The molecule has 0 amide bonds. The zero-order valence-corrected chi connectivity index (χ0v) is 13.3. The fourth-order valence-electron chi connectivity index (χ4n) is 2.89. The van der Waals surface area contributed by atoms with E-state index in [1.807, 2.05) is 18.2 Å². The lowest BCUT2D eigenvalue weighted by atomic mass is 10.1. The lowest BCUT2D eigenvalue weighted by molar-refractivity contribution is 0.122. The second kappa shape index (κ2) is 6.05. The van der Waals surface area contributed by atoms with Crippen molar-refractivity contribution in [3.05, 3.63) is 49.1 Å². The topological polar surface area (TPSA) is 77.2 Å². The Labute approximate surface area is 140 Å². The molecule has 0 saturated carbocycles. The van der Waals surface area contributed by atoms with Crippen LogP contribution in [0.15, 0.2) is 36.5 Å². The number of nitrogens with zero attached hydrogens (tertiary/aromatic N) is 4. The van der Waals surface area contributed by atoms with Gasteiger partial charge in [-0.2, -0.15) is 0 Å². The highest BCUT2D eigenvalue weighted by Crippen LogP contribution is 2.30. The summed E-state index contributed by atoms with van der Waals surface area (Å²) in [5, 5.41) is 2.15. The van der Waals surface area contributed by atoms with Crippen LogP contribution < -0.4 is 10.6 Å². The summed E-state index contributed by atoms with van der Waals surface area (Å²) >= 11 is 0. The average molecular weight is 320 g/mol. The number of aromatic nitrogens is 3. The normalized spacial score (nSPS) is 15.0. The van der Waals surface area contributed by atoms with Crippen LogP contribution in [-0.2, 0) is 4.74 Å². The Hall–Kier alpha value is -2.73. The van der Waals surface area contributed by atoms with Gasteiger partial charge in [0.2, 0.25) is 0 Å². The van der Waals surface area contributed by atoms with E-state index in [2.05, 4.69) is 33.9 Å². The van der Waals surface area contributed by atoms with Gasteiger partial charge in [-0.1, -0.05) is 24.3 Å². The second-order valence-corrected chi connectivity index (χ2v) is 5.74. The highest BCUT2D eigenvalue weighted by molar-refractivity contribution is 5.95. The minimum absolute atomic E-state index is 0.340. The molecule has 0 spiro atoms. The van der Waals surface area contributed by atoms with E-state index in [0.717, 1.165) is 35.4 Å². The first-order chi connectivity index (χ1) is 11.7. The van der Waals surface area contributed by atoms with Crippen LogP contribution in [0.2, 0.25) is 0 Å². The fourth-order valence-corrected chi connectivity index (χ4v) is 2.89. The molecule has 3 aromatic rings. The van der Waals surface area contributed by atoms with E-state index in [-0.39, 0.29) is 0 Å². The van der Waals surface area contributed by atoms with Gasteiger partial charge in [-0.15, -0.1) is 0 Å². The Balaban J connectivity index is 1.90. The molecule has 2 aromatic heterocycles. The maximum absolute atomic E-state index is 5.75. The van der Waals surface area contributed by atoms with Crippen LogP contribution in [0.25, 0.3) is 22.2 Å². The van der Waals surface area contributed by atoms with Gasteiger partial charge in [0.1, 0.15) is 23.0 Å². The van der Waals surface area contributed by atoms with Gasteiger partial charge < -0.3 is 15.4 Å². The lowest BCUT2D eigenvalue weighted by Crippen LogP contribution is -2.36. The van der Waals surface area contributed by atoms with Gasteiger partial charge in [0.05, 0.1) is 25.1 Å². The number of morpholine rings is 1. The van der Waals surface area contributed by atoms with Gasteiger partial charge in [-0.25, -0.2) is 15.0 Å². The van der Waals surface area contributed by atoms with Gasteiger partial charge >= 0.3 is 0 Å². The summed E-state index contributed by atoms with van der Waals surface area (Å²) in [5.41, 5.74) is 7.69. The molecule has 6 heteroatoms. The van der Waals surface area contributed by atoms with Crippen molar-refractivity contribution < 1.29 is 4.74 Å². The average Bonchev–Trinajstić information content (AvgIpc) is 2.64. The maximum atomic E-state index is 5.75. The molecule has 24 heavy (non-hydrogen) atoms. The Morgan fingerprint density at radius 3 is 2.71 bits per heavy atom. The Morgan fingerprint density at radius 2 is 1.92 bits per heavy atom. The molecule has 0 unspecified atom stereocenters. The molecule has 1 aliphatic rings. The molecule has 6 nitrogen and oxygen atoms in total. The minimum Gasteiger partial charge on any atom is -0.382 e. The van der Waals surface area contributed by atoms with Crippen LogP contribution in [0.3, 0.4) is 0 Å². The van der Waals surface area contributed by atoms with E-state index in [1.165, 1.54) is 0 Å². The molecule has 4 rings (SSSR count). The number of nitrogen functional groups attached to an aromatic ring is 1. The van der Waals surface area contributed by atoms with Gasteiger partial charge in [-0.05, 0) is 18.4 Å². The van der Waals surface area contributed by atoms with Crippen molar-refractivity contribution in [2.75, 3.05) is 36.9 Å². The molecule has 1 fully saturated rings. The molecule has 0 bridgehead atoms. The van der Waals surface area contributed by atoms with Gasteiger partial charge in [-0.3, -0.25) is 0 Å². The first-order valence-electron chi connectivity index (χ1n) is 7.90. The van der Waals surface area contributed by atoms with E-state index in [1.54, 1.807) is 6.20 Å². The van der Waals surface area contributed by atoms with Crippen molar-refractivity contribution >= 4 is 22.4 Å². The molecule has 121 valence electrons. The highest BCUT2D eigenvalue weighted by atomic mass is 16.5. The van der Waals surface area contributed by atoms with Crippen LogP contribution in [0, 0.1) is 6.92 Å². The standard InChI is InChI=1S/C18H18N5O/c1-12-18(19)20-11-15(21-12)17-14-5-3-2-4-13(14)10-16(22-17)23-6-8-24-9-7-23/h2-5,10-11H,1,6-9H2,(H2,19,20). The lowest BCUT2D eigenvalue weighted by Gasteiger charge is -2.28. The second-order valence-electron chi connectivity index (χ2n) is 5.74. The van der Waals surface area contributed by atoms with Crippen LogP contribution in [-0.4, -0.2) is 41.3 Å². The summed E-state index contributed by atoms with van der Waals surface area (Å²) in [6, 6.07) is 10.3. The van der Waals surface area contributed by atoms with Crippen molar-refractivity contribution in [1.82, 2.24) is 15.0 Å². The molecule has 1 radical (unpaired) electrons. The van der Waals surface area contributed by atoms with E-state index in [4.69, 9.17) is 15.5 Å². The number of nitrogens with two attached hydrogens (primary N) is 1. The summed E-state index contributed by atoms with van der Waals surface area (Å²) in [4.78, 5) is 15.8. The summed E-state index contributed by atoms with van der Waals surface area (Å²) in [6.07, 6.45) is 1.65.